The summed E-state index contributed by atoms with van der Waals surface area (Å²) in [5.41, 5.74) is 0.426. The number of allylic oxidation sites excluding steroid dienone is 4. The van der Waals surface area contributed by atoms with Gasteiger partial charge in [-0.3, -0.25) is 0 Å². The Balaban J connectivity index is 3.71. The second-order valence-corrected chi connectivity index (χ2v) is 4.16. The summed E-state index contributed by atoms with van der Waals surface area (Å²) in [4.78, 5) is -0.343. The molecule has 1 aliphatic rings. The van der Waals surface area contributed by atoms with E-state index in [1.54, 1.807) is 13.0 Å². The molecule has 0 saturated carbocycles. The Labute approximate surface area is 78.3 Å². The highest BCUT2D eigenvalue weighted by Gasteiger charge is 2.14. The molecule has 0 unspecified atom stereocenters. The number of hydrogen-bond acceptors (Lipinski definition) is 4. The maximum atomic E-state index is 10.7. The lowest BCUT2D eigenvalue weighted by Crippen LogP contribution is -2.17. The monoisotopic (exact) mass is 218 g/mol. The average molecular weight is 218 g/mol. The molecule has 0 amide bonds. The molecule has 1 rings (SSSR count). The zero-order chi connectivity index (χ0) is 10.0. The van der Waals surface area contributed by atoms with Crippen LogP contribution >= 0.6 is 0 Å². The van der Waals surface area contributed by atoms with E-state index in [2.05, 4.69) is 0 Å². The minimum Gasteiger partial charge on any atom is -0.184 e. The summed E-state index contributed by atoms with van der Waals surface area (Å²) in [6.07, 6.45) is 4.29. The van der Waals surface area contributed by atoms with Gasteiger partial charge >= 0.3 is 0 Å². The molecule has 0 N–H and O–H groups in total. The van der Waals surface area contributed by atoms with Gasteiger partial charge in [-0.05, 0) is 18.6 Å². The van der Waals surface area contributed by atoms with Gasteiger partial charge in [0.1, 0.15) is 9.73 Å². The first-order chi connectivity index (χ1) is 6.04. The third-order valence-electron chi connectivity index (χ3n) is 1.52. The molecule has 0 aromatic carbocycles. The Bertz CT molecular complexity index is 540. The van der Waals surface area contributed by atoms with Crippen LogP contribution in [-0.4, -0.2) is 26.6 Å². The van der Waals surface area contributed by atoms with E-state index < -0.39 is 20.6 Å². The van der Waals surface area contributed by atoms with Crippen molar-refractivity contribution in [2.45, 2.75) is 6.92 Å². The van der Waals surface area contributed by atoms with Crippen molar-refractivity contribution in [3.63, 3.8) is 0 Å². The van der Waals surface area contributed by atoms with Crippen molar-refractivity contribution in [1.29, 1.82) is 0 Å². The SMILES string of the molecule is CC1=CC=CC(=S(=O)=O)C1=S(=O)=O. The Morgan fingerprint density at radius 2 is 1.69 bits per heavy atom. The van der Waals surface area contributed by atoms with E-state index in [1.165, 1.54) is 12.2 Å². The molecule has 4 nitrogen and oxygen atoms in total. The fourth-order valence-electron chi connectivity index (χ4n) is 0.970. The molecular formula is C7H6O4S2. The van der Waals surface area contributed by atoms with Gasteiger partial charge in [0, 0.05) is 0 Å². The van der Waals surface area contributed by atoms with Crippen LogP contribution < -0.4 is 0 Å². The average Bonchev–Trinajstić information content (AvgIpc) is 2.02. The first-order valence-corrected chi connectivity index (χ1v) is 5.47. The summed E-state index contributed by atoms with van der Waals surface area (Å²) in [7, 11) is -5.03. The van der Waals surface area contributed by atoms with E-state index in [1.807, 2.05) is 0 Å². The standard InChI is InChI=1S/C7H6O4S2/c1-5-3-2-4-6(12(8)9)7(5)13(10)11/h2-4H,1H3. The highest BCUT2D eigenvalue weighted by Crippen LogP contribution is 2.04. The number of rotatable bonds is 0. The molecule has 0 heterocycles. The van der Waals surface area contributed by atoms with Crippen LogP contribution in [0.15, 0.2) is 23.8 Å². The quantitative estimate of drug-likeness (QED) is 0.519. The summed E-state index contributed by atoms with van der Waals surface area (Å²) in [5, 5.41) is 0. The van der Waals surface area contributed by atoms with Crippen molar-refractivity contribution < 1.29 is 16.8 Å². The third-order valence-corrected chi connectivity index (χ3v) is 3.23. The molecule has 0 spiro atoms. The Hall–Kier alpha value is -1.14. The summed E-state index contributed by atoms with van der Waals surface area (Å²) in [6.45, 7) is 1.54. The molecule has 70 valence electrons. The van der Waals surface area contributed by atoms with Gasteiger partial charge in [0.05, 0.1) is 0 Å². The predicted molar refractivity (Wildman–Crippen MR) is 50.8 cm³/mol. The second kappa shape index (κ2) is 3.71. The lowest BCUT2D eigenvalue weighted by Gasteiger charge is -2.02. The highest BCUT2D eigenvalue weighted by atomic mass is 32.2. The first kappa shape index (κ1) is 9.94. The molecule has 13 heavy (non-hydrogen) atoms. The fourth-order valence-corrected chi connectivity index (χ4v) is 2.44. The molecule has 0 aromatic rings. The van der Waals surface area contributed by atoms with Crippen LogP contribution in [0, 0.1) is 0 Å². The highest BCUT2D eigenvalue weighted by molar-refractivity contribution is 7.83. The molecule has 0 radical (unpaired) electrons. The van der Waals surface area contributed by atoms with Gasteiger partial charge in [-0.2, -0.15) is 16.8 Å². The maximum Gasteiger partial charge on any atom is 0.223 e. The number of hydrogen-bond donors (Lipinski definition) is 0. The van der Waals surface area contributed by atoms with E-state index in [4.69, 9.17) is 0 Å². The van der Waals surface area contributed by atoms with Crippen molar-refractivity contribution in [3.8, 4) is 0 Å². The van der Waals surface area contributed by atoms with Crippen molar-refractivity contribution >= 4 is 30.3 Å². The minimum absolute atomic E-state index is 0.157. The van der Waals surface area contributed by atoms with Gasteiger partial charge < -0.3 is 0 Å². The van der Waals surface area contributed by atoms with E-state index in [0.717, 1.165) is 0 Å². The van der Waals surface area contributed by atoms with Crippen LogP contribution in [-0.2, 0) is 20.6 Å². The van der Waals surface area contributed by atoms with Crippen molar-refractivity contribution in [3.05, 3.63) is 23.8 Å². The van der Waals surface area contributed by atoms with E-state index in [9.17, 15) is 16.8 Å². The zero-order valence-electron chi connectivity index (χ0n) is 6.68. The smallest absolute Gasteiger partial charge is 0.184 e. The molecule has 6 heteroatoms. The molecule has 0 aromatic heterocycles. The predicted octanol–water partition coefficient (Wildman–Crippen LogP) is -0.394. The fraction of sp³-hybridized carbons (Fsp3) is 0.143. The van der Waals surface area contributed by atoms with Crippen LogP contribution in [0.2, 0.25) is 0 Å². The summed E-state index contributed by atoms with van der Waals surface area (Å²) >= 11 is 0. The van der Waals surface area contributed by atoms with Gasteiger partial charge in [0.15, 0.2) is 0 Å². The Kier molecular flexibility index (Phi) is 2.84. The summed E-state index contributed by atoms with van der Waals surface area (Å²) < 4.78 is 42.6. The molecule has 0 atom stereocenters. The van der Waals surface area contributed by atoms with Gasteiger partial charge in [-0.15, -0.1) is 0 Å². The van der Waals surface area contributed by atoms with Crippen molar-refractivity contribution in [2.75, 3.05) is 0 Å². The van der Waals surface area contributed by atoms with Gasteiger partial charge in [0.2, 0.25) is 20.6 Å². The maximum absolute atomic E-state index is 10.7. The van der Waals surface area contributed by atoms with E-state index >= 15 is 0 Å². The Morgan fingerprint density at radius 1 is 1.08 bits per heavy atom. The molecular weight excluding hydrogens is 212 g/mol. The summed E-state index contributed by atoms with van der Waals surface area (Å²) in [6, 6.07) is 0. The van der Waals surface area contributed by atoms with E-state index in [-0.39, 0.29) is 9.73 Å². The van der Waals surface area contributed by atoms with Crippen LogP contribution in [0.3, 0.4) is 0 Å². The lowest BCUT2D eigenvalue weighted by atomic mass is 10.1. The molecule has 0 aliphatic heterocycles. The Morgan fingerprint density at radius 3 is 2.08 bits per heavy atom. The van der Waals surface area contributed by atoms with Crippen molar-refractivity contribution in [2.24, 2.45) is 0 Å². The van der Waals surface area contributed by atoms with Gasteiger partial charge in [-0.25, -0.2) is 0 Å². The van der Waals surface area contributed by atoms with Crippen LogP contribution in [0.5, 0.6) is 0 Å². The third kappa shape index (κ3) is 1.96. The first-order valence-electron chi connectivity index (χ1n) is 3.32. The summed E-state index contributed by atoms with van der Waals surface area (Å²) in [5.74, 6) is 0. The topological polar surface area (TPSA) is 68.3 Å². The minimum atomic E-state index is -2.52. The normalized spacial score (nSPS) is 15.6. The molecule has 0 bridgehead atoms. The molecule has 0 fully saturated rings. The van der Waals surface area contributed by atoms with Crippen molar-refractivity contribution in [1.82, 2.24) is 0 Å². The van der Waals surface area contributed by atoms with Crippen LogP contribution in [0.1, 0.15) is 6.92 Å². The van der Waals surface area contributed by atoms with Gasteiger partial charge in [-0.1, -0.05) is 12.2 Å². The second-order valence-electron chi connectivity index (χ2n) is 2.37. The largest absolute Gasteiger partial charge is 0.223 e. The van der Waals surface area contributed by atoms with E-state index in [0.29, 0.717) is 5.57 Å². The molecule has 1 aliphatic carbocycles. The van der Waals surface area contributed by atoms with Crippen LogP contribution in [0.4, 0.5) is 0 Å². The zero-order valence-corrected chi connectivity index (χ0v) is 8.31. The lowest BCUT2D eigenvalue weighted by molar-refractivity contribution is 0.625. The van der Waals surface area contributed by atoms with Gasteiger partial charge in [0.25, 0.3) is 0 Å². The van der Waals surface area contributed by atoms with Crippen LogP contribution in [0.25, 0.3) is 0 Å². The molecule has 0 saturated heterocycles.